The standard InChI is InChI=1S/C11H10F4O/c1-7(6-16)5-8-3-2-4-9(10(8)12)11(13,14)15/h2-4,6-7H,5H2,1H3. The third-order valence-corrected chi connectivity index (χ3v) is 2.16. The summed E-state index contributed by atoms with van der Waals surface area (Å²) in [7, 11) is 0. The maximum atomic E-state index is 13.4. The quantitative estimate of drug-likeness (QED) is 0.579. The number of alkyl halides is 3. The van der Waals surface area contributed by atoms with Gasteiger partial charge >= 0.3 is 6.18 Å². The van der Waals surface area contributed by atoms with Crippen molar-refractivity contribution >= 4 is 6.29 Å². The van der Waals surface area contributed by atoms with Gasteiger partial charge in [-0.1, -0.05) is 19.1 Å². The molecule has 0 radical (unpaired) electrons. The summed E-state index contributed by atoms with van der Waals surface area (Å²) >= 11 is 0. The molecular weight excluding hydrogens is 224 g/mol. The Morgan fingerprint density at radius 3 is 2.50 bits per heavy atom. The first-order valence-corrected chi connectivity index (χ1v) is 4.66. The lowest BCUT2D eigenvalue weighted by Crippen LogP contribution is -2.11. The topological polar surface area (TPSA) is 17.1 Å². The molecule has 0 bridgehead atoms. The van der Waals surface area contributed by atoms with Crippen LogP contribution in [0.1, 0.15) is 18.1 Å². The van der Waals surface area contributed by atoms with E-state index in [1.165, 1.54) is 13.0 Å². The zero-order valence-electron chi connectivity index (χ0n) is 8.51. The SMILES string of the molecule is CC(C=O)Cc1cccc(C(F)(F)F)c1F. The number of aldehydes is 1. The lowest BCUT2D eigenvalue weighted by Gasteiger charge is -2.11. The van der Waals surface area contributed by atoms with Gasteiger partial charge in [0.05, 0.1) is 5.56 Å². The fourth-order valence-corrected chi connectivity index (χ4v) is 1.35. The predicted molar refractivity (Wildman–Crippen MR) is 50.3 cm³/mol. The van der Waals surface area contributed by atoms with Crippen LogP contribution in [0.5, 0.6) is 0 Å². The van der Waals surface area contributed by atoms with E-state index in [1.54, 1.807) is 0 Å². The van der Waals surface area contributed by atoms with E-state index in [1.807, 2.05) is 0 Å². The first kappa shape index (κ1) is 12.7. The normalized spacial score (nSPS) is 13.6. The average Bonchev–Trinajstić information content (AvgIpc) is 2.19. The molecular formula is C11H10F4O. The second-order valence-electron chi connectivity index (χ2n) is 3.59. The van der Waals surface area contributed by atoms with Crippen LogP contribution in [-0.4, -0.2) is 6.29 Å². The molecule has 0 aromatic heterocycles. The molecule has 1 aromatic carbocycles. The van der Waals surface area contributed by atoms with Gasteiger partial charge in [0.1, 0.15) is 12.1 Å². The molecule has 1 unspecified atom stereocenters. The molecule has 0 aliphatic carbocycles. The summed E-state index contributed by atoms with van der Waals surface area (Å²) in [6.07, 6.45) is -4.15. The Morgan fingerprint density at radius 1 is 1.38 bits per heavy atom. The van der Waals surface area contributed by atoms with Crippen molar-refractivity contribution in [2.75, 3.05) is 0 Å². The van der Waals surface area contributed by atoms with Gasteiger partial charge in [-0.05, 0) is 18.1 Å². The summed E-state index contributed by atoms with van der Waals surface area (Å²) in [6, 6.07) is 3.08. The molecule has 0 aliphatic heterocycles. The lowest BCUT2D eigenvalue weighted by atomic mass is 9.99. The van der Waals surface area contributed by atoms with E-state index in [-0.39, 0.29) is 12.0 Å². The summed E-state index contributed by atoms with van der Waals surface area (Å²) in [5, 5.41) is 0. The van der Waals surface area contributed by atoms with Gasteiger partial charge in [0.15, 0.2) is 0 Å². The van der Waals surface area contributed by atoms with Crippen LogP contribution < -0.4 is 0 Å². The van der Waals surface area contributed by atoms with E-state index in [9.17, 15) is 22.4 Å². The summed E-state index contributed by atoms with van der Waals surface area (Å²) in [6.45, 7) is 1.52. The fraction of sp³-hybridized carbons (Fsp3) is 0.364. The third kappa shape index (κ3) is 2.81. The van der Waals surface area contributed by atoms with Crippen LogP contribution in [-0.2, 0) is 17.4 Å². The Labute approximate surface area is 90.1 Å². The Balaban J connectivity index is 3.09. The molecule has 88 valence electrons. The molecule has 0 saturated heterocycles. The maximum absolute atomic E-state index is 13.4. The molecule has 1 atom stereocenters. The molecule has 0 aliphatic rings. The average molecular weight is 234 g/mol. The highest BCUT2D eigenvalue weighted by molar-refractivity contribution is 5.53. The van der Waals surface area contributed by atoms with Gasteiger partial charge < -0.3 is 4.79 Å². The minimum absolute atomic E-state index is 0.0285. The van der Waals surface area contributed by atoms with Crippen LogP contribution in [0.3, 0.4) is 0 Å². The van der Waals surface area contributed by atoms with Crippen molar-refractivity contribution < 1.29 is 22.4 Å². The molecule has 0 saturated carbocycles. The highest BCUT2D eigenvalue weighted by atomic mass is 19.4. The first-order valence-electron chi connectivity index (χ1n) is 4.66. The van der Waals surface area contributed by atoms with Crippen LogP contribution in [0.15, 0.2) is 18.2 Å². The Hall–Kier alpha value is -1.39. The molecule has 1 aromatic rings. The number of rotatable bonds is 3. The molecule has 16 heavy (non-hydrogen) atoms. The second-order valence-corrected chi connectivity index (χ2v) is 3.59. The van der Waals surface area contributed by atoms with Crippen LogP contribution in [0.4, 0.5) is 17.6 Å². The van der Waals surface area contributed by atoms with E-state index >= 15 is 0 Å². The fourth-order valence-electron chi connectivity index (χ4n) is 1.35. The van der Waals surface area contributed by atoms with Crippen LogP contribution in [0.25, 0.3) is 0 Å². The number of hydrogen-bond acceptors (Lipinski definition) is 1. The maximum Gasteiger partial charge on any atom is 0.419 e. The van der Waals surface area contributed by atoms with Gasteiger partial charge in [-0.3, -0.25) is 0 Å². The predicted octanol–water partition coefficient (Wildman–Crippen LogP) is 3.22. The third-order valence-electron chi connectivity index (χ3n) is 2.16. The summed E-state index contributed by atoms with van der Waals surface area (Å²) in [4.78, 5) is 10.4. The lowest BCUT2D eigenvalue weighted by molar-refractivity contribution is -0.140. The number of hydrogen-bond donors (Lipinski definition) is 0. The zero-order valence-corrected chi connectivity index (χ0v) is 8.51. The highest BCUT2D eigenvalue weighted by Crippen LogP contribution is 2.32. The summed E-state index contributed by atoms with van der Waals surface area (Å²) < 4.78 is 50.4. The first-order chi connectivity index (χ1) is 7.36. The van der Waals surface area contributed by atoms with Gasteiger partial charge in [-0.2, -0.15) is 13.2 Å². The van der Waals surface area contributed by atoms with Crippen molar-refractivity contribution in [1.82, 2.24) is 0 Å². The van der Waals surface area contributed by atoms with E-state index in [0.29, 0.717) is 12.4 Å². The molecule has 0 fully saturated rings. The minimum Gasteiger partial charge on any atom is -0.303 e. The van der Waals surface area contributed by atoms with Gasteiger partial charge in [0.2, 0.25) is 0 Å². The number of carbonyl (C=O) groups is 1. The van der Waals surface area contributed by atoms with Crippen molar-refractivity contribution in [2.45, 2.75) is 19.5 Å². The molecule has 0 spiro atoms. The van der Waals surface area contributed by atoms with Gasteiger partial charge in [0, 0.05) is 5.92 Å². The van der Waals surface area contributed by atoms with E-state index in [4.69, 9.17) is 0 Å². The molecule has 1 nitrogen and oxygen atoms in total. The Morgan fingerprint density at radius 2 is 2.00 bits per heavy atom. The van der Waals surface area contributed by atoms with Crippen molar-refractivity contribution in [3.8, 4) is 0 Å². The largest absolute Gasteiger partial charge is 0.419 e. The number of carbonyl (C=O) groups excluding carboxylic acids is 1. The Bertz CT molecular complexity index is 384. The van der Waals surface area contributed by atoms with Gasteiger partial charge in [-0.15, -0.1) is 0 Å². The number of benzene rings is 1. The molecule has 0 heterocycles. The molecule has 0 amide bonds. The van der Waals surface area contributed by atoms with Crippen LogP contribution in [0.2, 0.25) is 0 Å². The summed E-state index contributed by atoms with van der Waals surface area (Å²) in [5.41, 5.74) is -1.38. The van der Waals surface area contributed by atoms with Crippen molar-refractivity contribution in [3.63, 3.8) is 0 Å². The van der Waals surface area contributed by atoms with Crippen molar-refractivity contribution in [2.24, 2.45) is 5.92 Å². The van der Waals surface area contributed by atoms with Gasteiger partial charge in [-0.25, -0.2) is 4.39 Å². The molecule has 5 heteroatoms. The smallest absolute Gasteiger partial charge is 0.303 e. The van der Waals surface area contributed by atoms with Gasteiger partial charge in [0.25, 0.3) is 0 Å². The molecule has 1 rings (SSSR count). The van der Waals surface area contributed by atoms with Crippen LogP contribution >= 0.6 is 0 Å². The summed E-state index contributed by atoms with van der Waals surface area (Å²) in [5.74, 6) is -1.79. The van der Waals surface area contributed by atoms with E-state index in [0.717, 1.165) is 6.07 Å². The van der Waals surface area contributed by atoms with E-state index in [2.05, 4.69) is 0 Å². The minimum atomic E-state index is -4.70. The Kier molecular flexibility index (Phi) is 3.67. The second kappa shape index (κ2) is 4.63. The van der Waals surface area contributed by atoms with Crippen LogP contribution in [0, 0.1) is 11.7 Å². The monoisotopic (exact) mass is 234 g/mol. The van der Waals surface area contributed by atoms with Crippen molar-refractivity contribution in [1.29, 1.82) is 0 Å². The van der Waals surface area contributed by atoms with Crippen molar-refractivity contribution in [3.05, 3.63) is 35.1 Å². The number of halogens is 4. The highest BCUT2D eigenvalue weighted by Gasteiger charge is 2.34. The van der Waals surface area contributed by atoms with E-state index < -0.39 is 23.5 Å². The zero-order chi connectivity index (χ0) is 12.3. The molecule has 0 N–H and O–H groups in total.